The van der Waals surface area contributed by atoms with Crippen LogP contribution in [0.2, 0.25) is 0 Å². The molecule has 4 nitrogen and oxygen atoms in total. The molecule has 1 heterocycles. The van der Waals surface area contributed by atoms with E-state index in [0.717, 1.165) is 11.3 Å². The summed E-state index contributed by atoms with van der Waals surface area (Å²) >= 11 is 3.09. The summed E-state index contributed by atoms with van der Waals surface area (Å²) in [4.78, 5) is 12.2. The maximum Gasteiger partial charge on any atom is 0.253 e. The van der Waals surface area contributed by atoms with Gasteiger partial charge in [-0.3, -0.25) is 9.48 Å². The Morgan fingerprint density at radius 3 is 2.80 bits per heavy atom. The number of halogens is 2. The average Bonchev–Trinajstić information content (AvgIpc) is 2.73. The molecule has 6 heteroatoms. The zero-order chi connectivity index (χ0) is 14.9. The van der Waals surface area contributed by atoms with E-state index in [-0.39, 0.29) is 22.0 Å². The Bertz CT molecular complexity index is 654. The monoisotopic (exact) mass is 339 g/mol. The fourth-order valence-electron chi connectivity index (χ4n) is 1.97. The van der Waals surface area contributed by atoms with E-state index in [1.165, 1.54) is 12.1 Å². The van der Waals surface area contributed by atoms with Crippen LogP contribution in [0.25, 0.3) is 0 Å². The lowest BCUT2D eigenvalue weighted by Crippen LogP contribution is -2.27. The second kappa shape index (κ2) is 5.75. The number of amides is 1. The molecule has 0 aliphatic carbocycles. The molecule has 0 aliphatic rings. The molecule has 1 N–H and O–H groups in total. The van der Waals surface area contributed by atoms with Crippen molar-refractivity contribution in [3.8, 4) is 0 Å². The fraction of sp³-hybridized carbons (Fsp3) is 0.286. The Kier molecular flexibility index (Phi) is 4.23. The number of carbonyl (C=O) groups excluding carboxylic acids is 1. The van der Waals surface area contributed by atoms with Crippen molar-refractivity contribution in [3.05, 3.63) is 51.5 Å². The molecule has 2 aromatic rings. The van der Waals surface area contributed by atoms with E-state index in [1.807, 2.05) is 20.9 Å². The van der Waals surface area contributed by atoms with E-state index < -0.39 is 5.82 Å². The van der Waals surface area contributed by atoms with Gasteiger partial charge in [0.25, 0.3) is 5.91 Å². The highest BCUT2D eigenvalue weighted by molar-refractivity contribution is 9.10. The standard InChI is InChI=1S/C14H15BrFN3O/c1-8(11-7-17-19(3)9(11)2)18-14(20)10-5-4-6-12(16)13(10)15/h4-8H,1-3H3,(H,18,20). The normalized spacial score (nSPS) is 12.2. The molecule has 1 aromatic heterocycles. The number of nitrogens with zero attached hydrogens (tertiary/aromatic N) is 2. The minimum Gasteiger partial charge on any atom is -0.345 e. The van der Waals surface area contributed by atoms with Gasteiger partial charge in [-0.1, -0.05) is 6.07 Å². The lowest BCUT2D eigenvalue weighted by atomic mass is 10.1. The zero-order valence-electron chi connectivity index (χ0n) is 11.4. The molecule has 0 saturated carbocycles. The minimum atomic E-state index is -0.456. The van der Waals surface area contributed by atoms with Gasteiger partial charge < -0.3 is 5.32 Å². The van der Waals surface area contributed by atoms with Crippen LogP contribution in [-0.2, 0) is 7.05 Å². The van der Waals surface area contributed by atoms with Gasteiger partial charge in [0.05, 0.1) is 22.3 Å². The molecule has 20 heavy (non-hydrogen) atoms. The number of rotatable bonds is 3. The average molecular weight is 340 g/mol. The summed E-state index contributed by atoms with van der Waals surface area (Å²) in [6, 6.07) is 4.18. The molecular weight excluding hydrogens is 325 g/mol. The highest BCUT2D eigenvalue weighted by Gasteiger charge is 2.18. The smallest absolute Gasteiger partial charge is 0.253 e. The quantitative estimate of drug-likeness (QED) is 0.933. The second-order valence-corrected chi connectivity index (χ2v) is 5.40. The first-order valence-electron chi connectivity index (χ1n) is 6.15. The van der Waals surface area contributed by atoms with E-state index in [0.29, 0.717) is 0 Å². The van der Waals surface area contributed by atoms with Crippen LogP contribution in [0, 0.1) is 12.7 Å². The van der Waals surface area contributed by atoms with Crippen LogP contribution >= 0.6 is 15.9 Å². The van der Waals surface area contributed by atoms with E-state index >= 15 is 0 Å². The topological polar surface area (TPSA) is 46.9 Å². The Labute approximate surface area is 125 Å². The Hall–Kier alpha value is -1.69. The van der Waals surface area contributed by atoms with Crippen molar-refractivity contribution in [2.24, 2.45) is 7.05 Å². The molecule has 106 valence electrons. The number of benzene rings is 1. The third-order valence-electron chi connectivity index (χ3n) is 3.28. The predicted octanol–water partition coefficient (Wildman–Crippen LogP) is 3.12. The number of carbonyl (C=O) groups is 1. The maximum absolute atomic E-state index is 13.4. The fourth-order valence-corrected chi connectivity index (χ4v) is 2.42. The van der Waals surface area contributed by atoms with Crippen molar-refractivity contribution in [3.63, 3.8) is 0 Å². The Morgan fingerprint density at radius 1 is 1.50 bits per heavy atom. The van der Waals surface area contributed by atoms with Gasteiger partial charge in [-0.25, -0.2) is 4.39 Å². The van der Waals surface area contributed by atoms with Crippen LogP contribution in [-0.4, -0.2) is 15.7 Å². The van der Waals surface area contributed by atoms with Gasteiger partial charge in [0.1, 0.15) is 5.82 Å². The molecule has 0 radical (unpaired) electrons. The first-order chi connectivity index (χ1) is 9.41. The van der Waals surface area contributed by atoms with Crippen LogP contribution in [0.4, 0.5) is 4.39 Å². The minimum absolute atomic E-state index is 0.174. The summed E-state index contributed by atoms with van der Waals surface area (Å²) in [7, 11) is 1.84. The zero-order valence-corrected chi connectivity index (χ0v) is 13.0. The van der Waals surface area contributed by atoms with Crippen molar-refractivity contribution in [1.82, 2.24) is 15.1 Å². The van der Waals surface area contributed by atoms with Gasteiger partial charge in [0.2, 0.25) is 0 Å². The van der Waals surface area contributed by atoms with Crippen LogP contribution in [0.1, 0.15) is 34.6 Å². The van der Waals surface area contributed by atoms with Crippen LogP contribution in [0.3, 0.4) is 0 Å². The molecule has 1 aromatic carbocycles. The Morgan fingerprint density at radius 2 is 2.20 bits per heavy atom. The van der Waals surface area contributed by atoms with Crippen molar-refractivity contribution < 1.29 is 9.18 Å². The maximum atomic E-state index is 13.4. The summed E-state index contributed by atoms with van der Waals surface area (Å²) in [6.45, 7) is 3.80. The van der Waals surface area contributed by atoms with Gasteiger partial charge in [0, 0.05) is 18.3 Å². The number of nitrogens with one attached hydrogen (secondary N) is 1. The molecule has 0 spiro atoms. The van der Waals surface area contributed by atoms with Gasteiger partial charge in [-0.15, -0.1) is 0 Å². The highest BCUT2D eigenvalue weighted by Crippen LogP contribution is 2.22. The predicted molar refractivity (Wildman–Crippen MR) is 77.9 cm³/mol. The molecule has 1 amide bonds. The van der Waals surface area contributed by atoms with E-state index in [4.69, 9.17) is 0 Å². The third-order valence-corrected chi connectivity index (χ3v) is 4.09. The van der Waals surface area contributed by atoms with Gasteiger partial charge >= 0.3 is 0 Å². The number of aromatic nitrogens is 2. The van der Waals surface area contributed by atoms with E-state index in [1.54, 1.807) is 16.9 Å². The summed E-state index contributed by atoms with van der Waals surface area (Å²) in [5, 5.41) is 6.99. The first kappa shape index (κ1) is 14.7. The molecule has 0 bridgehead atoms. The number of hydrogen-bond donors (Lipinski definition) is 1. The highest BCUT2D eigenvalue weighted by atomic mass is 79.9. The van der Waals surface area contributed by atoms with Gasteiger partial charge in [-0.05, 0) is 41.9 Å². The molecular formula is C14H15BrFN3O. The van der Waals surface area contributed by atoms with Crippen molar-refractivity contribution in [2.75, 3.05) is 0 Å². The second-order valence-electron chi connectivity index (χ2n) is 4.61. The van der Waals surface area contributed by atoms with Gasteiger partial charge in [0.15, 0.2) is 0 Å². The lowest BCUT2D eigenvalue weighted by Gasteiger charge is -2.14. The summed E-state index contributed by atoms with van der Waals surface area (Å²) in [5.41, 5.74) is 2.20. The Balaban J connectivity index is 2.19. The van der Waals surface area contributed by atoms with Crippen LogP contribution in [0.15, 0.2) is 28.9 Å². The molecule has 0 fully saturated rings. The summed E-state index contributed by atoms with van der Waals surface area (Å²) < 4.78 is 15.3. The molecule has 1 unspecified atom stereocenters. The van der Waals surface area contributed by atoms with E-state index in [9.17, 15) is 9.18 Å². The molecule has 0 saturated heterocycles. The van der Waals surface area contributed by atoms with Crippen molar-refractivity contribution >= 4 is 21.8 Å². The number of hydrogen-bond acceptors (Lipinski definition) is 2. The van der Waals surface area contributed by atoms with Crippen molar-refractivity contribution in [1.29, 1.82) is 0 Å². The van der Waals surface area contributed by atoms with Crippen LogP contribution < -0.4 is 5.32 Å². The number of aryl methyl sites for hydroxylation is 1. The largest absolute Gasteiger partial charge is 0.345 e. The molecule has 1 atom stereocenters. The van der Waals surface area contributed by atoms with E-state index in [2.05, 4.69) is 26.3 Å². The molecule has 0 aliphatic heterocycles. The first-order valence-corrected chi connectivity index (χ1v) is 6.94. The lowest BCUT2D eigenvalue weighted by molar-refractivity contribution is 0.0938. The van der Waals surface area contributed by atoms with Crippen molar-refractivity contribution in [2.45, 2.75) is 19.9 Å². The van der Waals surface area contributed by atoms with Crippen LogP contribution in [0.5, 0.6) is 0 Å². The third kappa shape index (κ3) is 2.75. The summed E-state index contributed by atoms with van der Waals surface area (Å²) in [6.07, 6.45) is 1.72. The SMILES string of the molecule is Cc1c(C(C)NC(=O)c2cccc(F)c2Br)cnn1C. The molecule has 2 rings (SSSR count). The van der Waals surface area contributed by atoms with Gasteiger partial charge in [-0.2, -0.15) is 5.10 Å². The summed E-state index contributed by atoms with van der Waals surface area (Å²) in [5.74, 6) is -0.782.